The first-order valence-electron chi connectivity index (χ1n) is 7.14. The van der Waals surface area contributed by atoms with Crippen LogP contribution in [0.4, 0.5) is 5.69 Å². The molecular formula is C16H13BrClN3O3S. The van der Waals surface area contributed by atoms with Crippen molar-refractivity contribution in [2.24, 2.45) is 0 Å². The molecule has 3 rings (SSSR count). The smallest absolute Gasteiger partial charge is 0.312 e. The maximum atomic E-state index is 12.7. The predicted octanol–water partition coefficient (Wildman–Crippen LogP) is 3.69. The monoisotopic (exact) mass is 441 g/mol. The summed E-state index contributed by atoms with van der Waals surface area (Å²) in [4.78, 5) is 14.7. The number of aromatic nitrogens is 2. The number of aryl methyl sites for hydroxylation is 1. The van der Waals surface area contributed by atoms with Gasteiger partial charge in [0.15, 0.2) is 0 Å². The number of para-hydroxylation sites is 2. The van der Waals surface area contributed by atoms with Crippen LogP contribution < -0.4 is 10.4 Å². The number of sulfonamides is 1. The first-order chi connectivity index (χ1) is 11.8. The van der Waals surface area contributed by atoms with E-state index in [1.54, 1.807) is 37.4 Å². The average molecular weight is 443 g/mol. The highest BCUT2D eigenvalue weighted by atomic mass is 79.9. The van der Waals surface area contributed by atoms with Crippen molar-refractivity contribution in [1.29, 1.82) is 0 Å². The summed E-state index contributed by atoms with van der Waals surface area (Å²) in [6.45, 7) is 1.75. The van der Waals surface area contributed by atoms with Gasteiger partial charge in [-0.15, -0.1) is 0 Å². The van der Waals surface area contributed by atoms with E-state index < -0.39 is 10.0 Å². The molecule has 25 heavy (non-hydrogen) atoms. The molecule has 0 fully saturated rings. The maximum Gasteiger partial charge on any atom is 0.330 e. The molecular weight excluding hydrogens is 430 g/mol. The third-order valence-corrected chi connectivity index (χ3v) is 6.11. The Morgan fingerprint density at radius 3 is 2.56 bits per heavy atom. The van der Waals surface area contributed by atoms with Crippen molar-refractivity contribution < 1.29 is 8.42 Å². The van der Waals surface area contributed by atoms with Crippen molar-refractivity contribution in [3.8, 4) is 5.69 Å². The number of aromatic amines is 1. The lowest BCUT2D eigenvalue weighted by atomic mass is 10.2. The molecule has 0 aliphatic carbocycles. The number of anilines is 1. The Labute approximate surface area is 157 Å². The highest BCUT2D eigenvalue weighted by molar-refractivity contribution is 9.10. The fraction of sp³-hybridized carbons (Fsp3) is 0.0625. The van der Waals surface area contributed by atoms with E-state index in [0.717, 1.165) is 0 Å². The van der Waals surface area contributed by atoms with E-state index in [-0.39, 0.29) is 16.3 Å². The van der Waals surface area contributed by atoms with E-state index in [4.69, 9.17) is 11.6 Å². The van der Waals surface area contributed by atoms with Gasteiger partial charge in [-0.2, -0.15) is 0 Å². The summed E-state index contributed by atoms with van der Waals surface area (Å²) in [6.07, 6.45) is 1.56. The molecule has 2 N–H and O–H groups in total. The standard InChI is InChI=1S/C16H13BrClN3O3S/c1-10-9-19-16(22)21(10)14-5-3-2-4-13(14)20-25(23,24)15-7-6-11(18)8-12(15)17/h2-9,20H,1H3,(H,19,22). The van der Waals surface area contributed by atoms with E-state index in [1.165, 1.54) is 22.8 Å². The molecule has 1 heterocycles. The highest BCUT2D eigenvalue weighted by Gasteiger charge is 2.20. The van der Waals surface area contributed by atoms with E-state index >= 15 is 0 Å². The molecule has 0 aliphatic rings. The van der Waals surface area contributed by atoms with Gasteiger partial charge in [-0.25, -0.2) is 13.2 Å². The Morgan fingerprint density at radius 1 is 1.20 bits per heavy atom. The number of halogens is 2. The number of hydrogen-bond acceptors (Lipinski definition) is 3. The van der Waals surface area contributed by atoms with Crippen molar-refractivity contribution in [3.63, 3.8) is 0 Å². The Bertz CT molecular complexity index is 1110. The van der Waals surface area contributed by atoms with Crippen molar-refractivity contribution in [2.45, 2.75) is 11.8 Å². The summed E-state index contributed by atoms with van der Waals surface area (Å²) >= 11 is 9.08. The molecule has 0 saturated carbocycles. The van der Waals surface area contributed by atoms with Gasteiger partial charge in [-0.1, -0.05) is 23.7 Å². The minimum absolute atomic E-state index is 0.0461. The number of H-pyrrole nitrogens is 1. The van der Waals surface area contributed by atoms with Crippen LogP contribution in [0.15, 0.2) is 62.8 Å². The number of imidazole rings is 1. The molecule has 0 spiro atoms. The van der Waals surface area contributed by atoms with Gasteiger partial charge in [-0.05, 0) is 53.2 Å². The summed E-state index contributed by atoms with van der Waals surface area (Å²) in [5.41, 5.74) is 1.02. The number of rotatable bonds is 4. The SMILES string of the molecule is Cc1c[nH]c(=O)n1-c1ccccc1NS(=O)(=O)c1ccc(Cl)cc1Br. The van der Waals surface area contributed by atoms with Crippen LogP contribution in [0.1, 0.15) is 5.69 Å². The van der Waals surface area contributed by atoms with Gasteiger partial charge in [0.2, 0.25) is 0 Å². The molecule has 2 aromatic carbocycles. The Hall–Kier alpha value is -2.03. The number of hydrogen-bond donors (Lipinski definition) is 2. The first kappa shape index (κ1) is 17.8. The van der Waals surface area contributed by atoms with Gasteiger partial charge in [0, 0.05) is 21.4 Å². The fourth-order valence-corrected chi connectivity index (χ4v) is 4.86. The summed E-state index contributed by atoms with van der Waals surface area (Å²) in [7, 11) is -3.88. The van der Waals surface area contributed by atoms with E-state index in [9.17, 15) is 13.2 Å². The molecule has 130 valence electrons. The molecule has 0 unspecified atom stereocenters. The topological polar surface area (TPSA) is 84.0 Å². The van der Waals surface area contributed by atoms with E-state index in [2.05, 4.69) is 25.6 Å². The molecule has 0 saturated heterocycles. The molecule has 0 aliphatic heterocycles. The summed E-state index contributed by atoms with van der Waals surface area (Å²) in [6, 6.07) is 11.1. The maximum absolute atomic E-state index is 12.7. The third kappa shape index (κ3) is 3.51. The Morgan fingerprint density at radius 2 is 1.92 bits per heavy atom. The Balaban J connectivity index is 2.09. The number of nitrogens with zero attached hydrogens (tertiary/aromatic N) is 1. The van der Waals surface area contributed by atoms with Crippen molar-refractivity contribution >= 4 is 43.2 Å². The molecule has 0 amide bonds. The quantitative estimate of drug-likeness (QED) is 0.646. The van der Waals surface area contributed by atoms with Gasteiger partial charge < -0.3 is 4.98 Å². The van der Waals surface area contributed by atoms with Crippen molar-refractivity contribution in [1.82, 2.24) is 9.55 Å². The largest absolute Gasteiger partial charge is 0.330 e. The van der Waals surface area contributed by atoms with E-state index in [1.807, 2.05) is 0 Å². The summed E-state index contributed by atoms with van der Waals surface area (Å²) < 4.78 is 29.8. The van der Waals surface area contributed by atoms with Gasteiger partial charge in [0.25, 0.3) is 10.0 Å². The van der Waals surface area contributed by atoms with Crippen LogP contribution in [0.3, 0.4) is 0 Å². The van der Waals surface area contributed by atoms with Gasteiger partial charge in [-0.3, -0.25) is 9.29 Å². The third-order valence-electron chi connectivity index (χ3n) is 3.53. The second kappa shape index (κ2) is 6.70. The highest BCUT2D eigenvalue weighted by Crippen LogP contribution is 2.29. The zero-order chi connectivity index (χ0) is 18.2. The second-order valence-corrected chi connectivity index (χ2v) is 8.21. The van der Waals surface area contributed by atoms with Gasteiger partial charge in [0.05, 0.1) is 11.4 Å². The van der Waals surface area contributed by atoms with Gasteiger partial charge in [0.1, 0.15) is 4.90 Å². The average Bonchev–Trinajstić information content (AvgIpc) is 2.86. The summed E-state index contributed by atoms with van der Waals surface area (Å²) in [5, 5.41) is 0.417. The summed E-state index contributed by atoms with van der Waals surface area (Å²) in [5.74, 6) is 0. The lowest BCUT2D eigenvalue weighted by Gasteiger charge is -2.14. The lowest BCUT2D eigenvalue weighted by Crippen LogP contribution is -2.20. The zero-order valence-electron chi connectivity index (χ0n) is 13.0. The molecule has 3 aromatic rings. The second-order valence-electron chi connectivity index (χ2n) is 5.27. The molecule has 9 heteroatoms. The molecule has 0 radical (unpaired) electrons. The van der Waals surface area contributed by atoms with Crippen LogP contribution in [-0.2, 0) is 10.0 Å². The number of nitrogens with one attached hydrogen (secondary N) is 2. The lowest BCUT2D eigenvalue weighted by molar-refractivity contribution is 0.600. The zero-order valence-corrected chi connectivity index (χ0v) is 16.1. The van der Waals surface area contributed by atoms with Crippen LogP contribution in [0, 0.1) is 6.92 Å². The first-order valence-corrected chi connectivity index (χ1v) is 9.79. The van der Waals surface area contributed by atoms with Crippen molar-refractivity contribution in [3.05, 3.63) is 74.3 Å². The van der Waals surface area contributed by atoms with Crippen LogP contribution >= 0.6 is 27.5 Å². The normalized spacial score (nSPS) is 11.5. The molecule has 6 nitrogen and oxygen atoms in total. The molecule has 0 bridgehead atoms. The van der Waals surface area contributed by atoms with Gasteiger partial charge >= 0.3 is 5.69 Å². The van der Waals surface area contributed by atoms with Crippen LogP contribution in [0.2, 0.25) is 5.02 Å². The molecule has 0 atom stereocenters. The fourth-order valence-electron chi connectivity index (χ4n) is 2.40. The minimum Gasteiger partial charge on any atom is -0.312 e. The van der Waals surface area contributed by atoms with Crippen LogP contribution in [0.25, 0.3) is 5.69 Å². The molecule has 1 aromatic heterocycles. The van der Waals surface area contributed by atoms with Crippen LogP contribution in [0.5, 0.6) is 0 Å². The predicted molar refractivity (Wildman–Crippen MR) is 101 cm³/mol. The van der Waals surface area contributed by atoms with E-state index in [0.29, 0.717) is 20.9 Å². The Kier molecular flexibility index (Phi) is 4.77. The van der Waals surface area contributed by atoms with Crippen LogP contribution in [-0.4, -0.2) is 18.0 Å². The minimum atomic E-state index is -3.88. The van der Waals surface area contributed by atoms with Crippen molar-refractivity contribution in [2.75, 3.05) is 4.72 Å². The number of benzene rings is 2.